The fraction of sp³-hybridized carbons (Fsp3) is 0.533. The summed E-state index contributed by atoms with van der Waals surface area (Å²) in [4.78, 5) is 2.30. The molecule has 2 unspecified atom stereocenters. The smallest absolute Gasteiger partial charge is 0.0992 e. The second-order valence-electron chi connectivity index (χ2n) is 5.07. The van der Waals surface area contributed by atoms with Crippen molar-refractivity contribution in [2.24, 2.45) is 5.92 Å². The quantitative estimate of drug-likeness (QED) is 0.889. The van der Waals surface area contributed by atoms with Crippen molar-refractivity contribution in [1.29, 1.82) is 5.26 Å². The molecule has 3 heteroatoms. The number of nitriles is 1. The van der Waals surface area contributed by atoms with Gasteiger partial charge in [-0.3, -0.25) is 0 Å². The maximum atomic E-state index is 9.84. The zero-order chi connectivity index (χ0) is 13.1. The number of rotatable bonds is 3. The van der Waals surface area contributed by atoms with E-state index < -0.39 is 6.10 Å². The zero-order valence-electron chi connectivity index (χ0n) is 11.1. The van der Waals surface area contributed by atoms with Crippen LogP contribution >= 0.6 is 0 Å². The zero-order valence-corrected chi connectivity index (χ0v) is 11.1. The molecule has 1 N–H and O–H groups in total. The van der Waals surface area contributed by atoms with Gasteiger partial charge in [-0.15, -0.1) is 0 Å². The Balaban J connectivity index is 2.33. The lowest BCUT2D eigenvalue weighted by molar-refractivity contribution is 0.199. The van der Waals surface area contributed by atoms with E-state index in [9.17, 15) is 5.11 Å². The molecule has 0 bridgehead atoms. The number of hydrogen-bond acceptors (Lipinski definition) is 3. The molecular formula is C15H20N2O. The van der Waals surface area contributed by atoms with Crippen LogP contribution in [0.1, 0.15) is 43.9 Å². The van der Waals surface area contributed by atoms with E-state index in [1.807, 2.05) is 12.1 Å². The molecule has 0 spiro atoms. The highest BCUT2D eigenvalue weighted by Gasteiger charge is 2.24. The van der Waals surface area contributed by atoms with Crippen LogP contribution in [0, 0.1) is 17.2 Å². The Labute approximate surface area is 109 Å². The molecule has 2 rings (SSSR count). The van der Waals surface area contributed by atoms with Gasteiger partial charge in [0.25, 0.3) is 0 Å². The van der Waals surface area contributed by atoms with Crippen molar-refractivity contribution in [3.63, 3.8) is 0 Å². The van der Waals surface area contributed by atoms with Crippen LogP contribution in [-0.2, 0) is 0 Å². The SMILES string of the molecule is CCC1CCN(c2cc(C#N)ccc2C(C)O)C1. The van der Waals surface area contributed by atoms with Crippen LogP contribution in [0.4, 0.5) is 5.69 Å². The summed E-state index contributed by atoms with van der Waals surface area (Å²) in [5, 5.41) is 18.8. The summed E-state index contributed by atoms with van der Waals surface area (Å²) in [5.41, 5.74) is 2.61. The predicted octanol–water partition coefficient (Wildman–Crippen LogP) is 2.85. The standard InChI is InChI=1S/C15H20N2O/c1-3-12-6-7-17(10-12)15-8-13(9-16)4-5-14(15)11(2)18/h4-5,8,11-12,18H,3,6-7,10H2,1-2H3. The molecule has 1 heterocycles. The molecule has 96 valence electrons. The molecule has 1 aromatic carbocycles. The highest BCUT2D eigenvalue weighted by atomic mass is 16.3. The summed E-state index contributed by atoms with van der Waals surface area (Å²) in [6, 6.07) is 7.73. The Morgan fingerprint density at radius 2 is 2.33 bits per heavy atom. The molecule has 0 radical (unpaired) electrons. The van der Waals surface area contributed by atoms with E-state index in [0.717, 1.165) is 30.3 Å². The molecule has 1 fully saturated rings. The first-order valence-corrected chi connectivity index (χ1v) is 6.62. The fourth-order valence-electron chi connectivity index (χ4n) is 2.63. The van der Waals surface area contributed by atoms with E-state index in [1.54, 1.807) is 13.0 Å². The Morgan fingerprint density at radius 1 is 1.56 bits per heavy atom. The van der Waals surface area contributed by atoms with Crippen molar-refractivity contribution in [3.05, 3.63) is 29.3 Å². The lowest BCUT2D eigenvalue weighted by atomic mass is 10.0. The van der Waals surface area contributed by atoms with Gasteiger partial charge in [-0.2, -0.15) is 5.26 Å². The molecule has 3 nitrogen and oxygen atoms in total. The normalized spacial score (nSPS) is 20.8. The van der Waals surface area contributed by atoms with Crippen LogP contribution in [0.25, 0.3) is 0 Å². The van der Waals surface area contributed by atoms with Crippen LogP contribution in [0.15, 0.2) is 18.2 Å². The monoisotopic (exact) mass is 244 g/mol. The van der Waals surface area contributed by atoms with E-state index in [-0.39, 0.29) is 0 Å². The maximum Gasteiger partial charge on any atom is 0.0992 e. The van der Waals surface area contributed by atoms with Crippen molar-refractivity contribution in [1.82, 2.24) is 0 Å². The van der Waals surface area contributed by atoms with Gasteiger partial charge in [-0.25, -0.2) is 0 Å². The molecule has 2 atom stereocenters. The summed E-state index contributed by atoms with van der Waals surface area (Å²) in [6.45, 7) is 6.05. The fourth-order valence-corrected chi connectivity index (χ4v) is 2.63. The van der Waals surface area contributed by atoms with Crippen LogP contribution < -0.4 is 4.90 Å². The largest absolute Gasteiger partial charge is 0.389 e. The first kappa shape index (κ1) is 12.9. The summed E-state index contributed by atoms with van der Waals surface area (Å²) in [6.07, 6.45) is 1.90. The van der Waals surface area contributed by atoms with Gasteiger partial charge in [0, 0.05) is 24.3 Å². The van der Waals surface area contributed by atoms with Crippen molar-refractivity contribution in [2.45, 2.75) is 32.8 Å². The van der Waals surface area contributed by atoms with E-state index in [0.29, 0.717) is 5.56 Å². The first-order chi connectivity index (χ1) is 8.65. The summed E-state index contributed by atoms with van der Waals surface area (Å²) < 4.78 is 0. The third kappa shape index (κ3) is 2.49. The molecule has 0 aromatic heterocycles. The number of hydrogen-bond donors (Lipinski definition) is 1. The Bertz CT molecular complexity index is 462. The van der Waals surface area contributed by atoms with E-state index >= 15 is 0 Å². The average molecular weight is 244 g/mol. The molecule has 0 amide bonds. The van der Waals surface area contributed by atoms with Gasteiger partial charge in [0.1, 0.15) is 0 Å². The van der Waals surface area contributed by atoms with Gasteiger partial charge >= 0.3 is 0 Å². The Kier molecular flexibility index (Phi) is 3.88. The molecule has 1 aliphatic rings. The summed E-state index contributed by atoms with van der Waals surface area (Å²) in [5.74, 6) is 0.734. The van der Waals surface area contributed by atoms with Gasteiger partial charge in [-0.1, -0.05) is 19.4 Å². The Hall–Kier alpha value is -1.53. The van der Waals surface area contributed by atoms with Gasteiger partial charge in [0.2, 0.25) is 0 Å². The van der Waals surface area contributed by atoms with Crippen LogP contribution in [-0.4, -0.2) is 18.2 Å². The van der Waals surface area contributed by atoms with Crippen LogP contribution in [0.5, 0.6) is 0 Å². The number of anilines is 1. The average Bonchev–Trinajstić information content (AvgIpc) is 2.86. The third-order valence-electron chi connectivity index (χ3n) is 3.81. The molecule has 18 heavy (non-hydrogen) atoms. The predicted molar refractivity (Wildman–Crippen MR) is 72.4 cm³/mol. The number of benzene rings is 1. The number of aliphatic hydroxyl groups excluding tert-OH is 1. The van der Waals surface area contributed by atoms with E-state index in [4.69, 9.17) is 5.26 Å². The number of nitrogens with zero attached hydrogens (tertiary/aromatic N) is 2. The lowest BCUT2D eigenvalue weighted by Crippen LogP contribution is -2.21. The van der Waals surface area contributed by atoms with Crippen molar-refractivity contribution in [3.8, 4) is 6.07 Å². The van der Waals surface area contributed by atoms with Gasteiger partial charge < -0.3 is 10.0 Å². The second kappa shape index (κ2) is 5.41. The van der Waals surface area contributed by atoms with E-state index in [2.05, 4.69) is 17.9 Å². The van der Waals surface area contributed by atoms with Crippen LogP contribution in [0.3, 0.4) is 0 Å². The highest BCUT2D eigenvalue weighted by molar-refractivity contribution is 5.59. The Morgan fingerprint density at radius 3 is 2.89 bits per heavy atom. The summed E-state index contributed by atoms with van der Waals surface area (Å²) >= 11 is 0. The van der Waals surface area contributed by atoms with Crippen molar-refractivity contribution >= 4 is 5.69 Å². The van der Waals surface area contributed by atoms with E-state index in [1.165, 1.54) is 12.8 Å². The minimum Gasteiger partial charge on any atom is -0.389 e. The molecule has 1 aromatic rings. The molecule has 1 saturated heterocycles. The summed E-state index contributed by atoms with van der Waals surface area (Å²) in [7, 11) is 0. The van der Waals surface area contributed by atoms with Crippen molar-refractivity contribution in [2.75, 3.05) is 18.0 Å². The molecule has 0 aliphatic carbocycles. The van der Waals surface area contributed by atoms with Crippen LogP contribution in [0.2, 0.25) is 0 Å². The third-order valence-corrected chi connectivity index (χ3v) is 3.81. The molecular weight excluding hydrogens is 224 g/mol. The van der Waals surface area contributed by atoms with Gasteiger partial charge in [-0.05, 0) is 31.4 Å². The topological polar surface area (TPSA) is 47.3 Å². The van der Waals surface area contributed by atoms with Crippen molar-refractivity contribution < 1.29 is 5.11 Å². The highest BCUT2D eigenvalue weighted by Crippen LogP contribution is 2.32. The van der Waals surface area contributed by atoms with Gasteiger partial charge in [0.05, 0.1) is 17.7 Å². The van der Waals surface area contributed by atoms with Gasteiger partial charge in [0.15, 0.2) is 0 Å². The number of aliphatic hydroxyl groups is 1. The second-order valence-corrected chi connectivity index (χ2v) is 5.07. The first-order valence-electron chi connectivity index (χ1n) is 6.62. The molecule has 0 saturated carbocycles. The minimum absolute atomic E-state index is 0.492. The maximum absolute atomic E-state index is 9.84. The lowest BCUT2D eigenvalue weighted by Gasteiger charge is -2.23. The minimum atomic E-state index is -0.492. The molecule has 1 aliphatic heterocycles.